The zero-order valence-electron chi connectivity index (χ0n) is 24.7. The van der Waals surface area contributed by atoms with Crippen LogP contribution in [0.25, 0.3) is 0 Å². The lowest BCUT2D eigenvalue weighted by Gasteiger charge is -2.38. The van der Waals surface area contributed by atoms with E-state index in [0.29, 0.717) is 48.8 Å². The summed E-state index contributed by atoms with van der Waals surface area (Å²) in [6.45, 7) is 7.00. The average Bonchev–Trinajstić information content (AvgIpc) is 3.47. The molecule has 3 aliphatic heterocycles. The molecule has 4 heterocycles. The topological polar surface area (TPSA) is 97.2 Å². The quantitative estimate of drug-likeness (QED) is 0.400. The summed E-state index contributed by atoms with van der Waals surface area (Å²) in [6.07, 6.45) is 2.38. The number of hydrogen-bond acceptors (Lipinski definition) is 7. The van der Waals surface area contributed by atoms with E-state index in [1.807, 2.05) is 53.8 Å². The summed E-state index contributed by atoms with van der Waals surface area (Å²) in [4.78, 5) is 46.1. The summed E-state index contributed by atoms with van der Waals surface area (Å²) < 4.78 is 12.8. The van der Waals surface area contributed by atoms with Gasteiger partial charge in [-0.25, -0.2) is 0 Å². The summed E-state index contributed by atoms with van der Waals surface area (Å²) in [6, 6.07) is 11.4. The van der Waals surface area contributed by atoms with Crippen LogP contribution >= 0.6 is 0 Å². The van der Waals surface area contributed by atoms with Crippen LogP contribution in [-0.2, 0) is 24.3 Å². The number of benzene rings is 2. The van der Waals surface area contributed by atoms with Crippen LogP contribution in [0.4, 0.5) is 5.69 Å². The fourth-order valence-corrected chi connectivity index (χ4v) is 6.61. The molecule has 1 aromatic heterocycles. The number of carbonyl (C=O) groups is 3. The maximum absolute atomic E-state index is 13.8. The molecule has 1 unspecified atom stereocenters. The van der Waals surface area contributed by atoms with Crippen LogP contribution in [-0.4, -0.2) is 77.7 Å². The highest BCUT2D eigenvalue weighted by molar-refractivity contribution is 6.23. The number of rotatable bonds is 7. The normalized spacial score (nSPS) is 18.3. The molecule has 3 aliphatic rings. The van der Waals surface area contributed by atoms with Crippen LogP contribution in [0.15, 0.2) is 36.4 Å². The van der Waals surface area contributed by atoms with Crippen LogP contribution in [0.5, 0.6) is 11.5 Å². The summed E-state index contributed by atoms with van der Waals surface area (Å²) in [7, 11) is 3.25. The largest absolute Gasteiger partial charge is 0.493 e. The van der Waals surface area contributed by atoms with Crippen molar-refractivity contribution in [2.75, 3.05) is 45.3 Å². The first kappa shape index (κ1) is 27.8. The standard InChI is InChI=1S/C32H37N5O5/c1-20-15-21(2)37(33-20)14-13-36-31(39)25-8-5-9-26(29(25)32(36)40)34-11-6-7-23(18-34)30(38)35-12-10-22-16-27(41-3)28(42-4)17-24(22)19-35/h5,8-9,15-17,23H,6-7,10-14,18-19H2,1-4H3. The van der Waals surface area contributed by atoms with Gasteiger partial charge in [0.2, 0.25) is 5.91 Å². The third kappa shape index (κ3) is 4.88. The molecule has 2 aromatic carbocycles. The van der Waals surface area contributed by atoms with E-state index >= 15 is 0 Å². The Morgan fingerprint density at radius 1 is 0.976 bits per heavy atom. The van der Waals surface area contributed by atoms with Gasteiger partial charge in [-0.3, -0.25) is 24.0 Å². The predicted molar refractivity (Wildman–Crippen MR) is 157 cm³/mol. The molecule has 0 radical (unpaired) electrons. The molecule has 0 saturated carbocycles. The van der Waals surface area contributed by atoms with E-state index in [4.69, 9.17) is 9.47 Å². The van der Waals surface area contributed by atoms with E-state index in [-0.39, 0.29) is 30.2 Å². The third-order valence-corrected chi connectivity index (χ3v) is 8.76. The summed E-state index contributed by atoms with van der Waals surface area (Å²) >= 11 is 0. The van der Waals surface area contributed by atoms with Crippen molar-refractivity contribution in [3.05, 3.63) is 70.0 Å². The molecule has 1 saturated heterocycles. The van der Waals surface area contributed by atoms with Crippen LogP contribution in [0, 0.1) is 19.8 Å². The van der Waals surface area contributed by atoms with Crippen molar-refractivity contribution in [1.29, 1.82) is 0 Å². The molecule has 6 rings (SSSR count). The zero-order valence-corrected chi connectivity index (χ0v) is 24.7. The van der Waals surface area contributed by atoms with Crippen molar-refractivity contribution in [2.24, 2.45) is 5.92 Å². The van der Waals surface area contributed by atoms with Crippen molar-refractivity contribution < 1.29 is 23.9 Å². The molecule has 220 valence electrons. The highest BCUT2D eigenvalue weighted by Gasteiger charge is 2.40. The maximum atomic E-state index is 13.8. The van der Waals surface area contributed by atoms with Crippen molar-refractivity contribution in [1.82, 2.24) is 19.6 Å². The van der Waals surface area contributed by atoms with Gasteiger partial charge < -0.3 is 19.3 Å². The number of methoxy groups -OCH3 is 2. The van der Waals surface area contributed by atoms with E-state index in [2.05, 4.69) is 10.00 Å². The summed E-state index contributed by atoms with van der Waals surface area (Å²) in [5, 5.41) is 4.46. The van der Waals surface area contributed by atoms with Crippen molar-refractivity contribution in [3.8, 4) is 11.5 Å². The number of amides is 3. The minimum absolute atomic E-state index is 0.127. The number of ether oxygens (including phenoxy) is 2. The van der Waals surface area contributed by atoms with Gasteiger partial charge in [-0.2, -0.15) is 5.10 Å². The second-order valence-corrected chi connectivity index (χ2v) is 11.4. The Hall–Kier alpha value is -4.34. The van der Waals surface area contributed by atoms with E-state index in [9.17, 15) is 14.4 Å². The van der Waals surface area contributed by atoms with Gasteiger partial charge in [-0.1, -0.05) is 6.07 Å². The first-order valence-corrected chi connectivity index (χ1v) is 14.6. The lowest BCUT2D eigenvalue weighted by atomic mass is 9.92. The summed E-state index contributed by atoms with van der Waals surface area (Å²) in [5.74, 6) is 0.745. The molecule has 10 nitrogen and oxygen atoms in total. The minimum Gasteiger partial charge on any atom is -0.493 e. The molecule has 0 bridgehead atoms. The Labute approximate surface area is 245 Å². The van der Waals surface area contributed by atoms with Gasteiger partial charge in [0.1, 0.15) is 0 Å². The fraction of sp³-hybridized carbons (Fsp3) is 0.438. The number of fused-ring (bicyclic) bond motifs is 2. The number of anilines is 1. The van der Waals surface area contributed by atoms with Gasteiger partial charge in [-0.05, 0) is 74.6 Å². The Balaban J connectivity index is 1.17. The molecule has 10 heteroatoms. The molecule has 42 heavy (non-hydrogen) atoms. The van der Waals surface area contributed by atoms with E-state index in [1.165, 1.54) is 10.5 Å². The van der Waals surface area contributed by atoms with Gasteiger partial charge in [-0.15, -0.1) is 0 Å². The van der Waals surface area contributed by atoms with Gasteiger partial charge in [0.25, 0.3) is 11.8 Å². The van der Waals surface area contributed by atoms with Crippen LogP contribution in [0.2, 0.25) is 0 Å². The minimum atomic E-state index is -0.280. The van der Waals surface area contributed by atoms with Gasteiger partial charge in [0, 0.05) is 38.4 Å². The number of aromatic nitrogens is 2. The Morgan fingerprint density at radius 2 is 1.74 bits per heavy atom. The monoisotopic (exact) mass is 571 g/mol. The van der Waals surface area contributed by atoms with Gasteiger partial charge in [0.05, 0.1) is 49.2 Å². The highest BCUT2D eigenvalue weighted by atomic mass is 16.5. The lowest BCUT2D eigenvalue weighted by Crippen LogP contribution is -2.46. The molecular weight excluding hydrogens is 534 g/mol. The molecular formula is C32H37N5O5. The Kier molecular flexibility index (Phi) is 7.38. The second kappa shape index (κ2) is 11.2. The van der Waals surface area contributed by atoms with Crippen LogP contribution in [0.3, 0.4) is 0 Å². The average molecular weight is 572 g/mol. The molecule has 0 spiro atoms. The van der Waals surface area contributed by atoms with Crippen LogP contribution < -0.4 is 14.4 Å². The van der Waals surface area contributed by atoms with Crippen molar-refractivity contribution in [2.45, 2.75) is 46.2 Å². The van der Waals surface area contributed by atoms with Crippen molar-refractivity contribution >= 4 is 23.4 Å². The van der Waals surface area contributed by atoms with Crippen LogP contribution in [0.1, 0.15) is 56.1 Å². The molecule has 0 aliphatic carbocycles. The third-order valence-electron chi connectivity index (χ3n) is 8.76. The number of carbonyl (C=O) groups excluding carboxylic acids is 3. The van der Waals surface area contributed by atoms with Gasteiger partial charge >= 0.3 is 0 Å². The molecule has 1 atom stereocenters. The van der Waals surface area contributed by atoms with Crippen molar-refractivity contribution in [3.63, 3.8) is 0 Å². The molecule has 1 fully saturated rings. The fourth-order valence-electron chi connectivity index (χ4n) is 6.61. The number of nitrogens with zero attached hydrogens (tertiary/aromatic N) is 5. The number of piperidine rings is 1. The number of hydrogen-bond donors (Lipinski definition) is 0. The molecule has 3 amide bonds. The highest BCUT2D eigenvalue weighted by Crippen LogP contribution is 2.36. The van der Waals surface area contributed by atoms with E-state index in [1.54, 1.807) is 20.3 Å². The maximum Gasteiger partial charge on any atom is 0.263 e. The molecule has 3 aromatic rings. The van der Waals surface area contributed by atoms with Gasteiger partial charge in [0.15, 0.2) is 11.5 Å². The SMILES string of the molecule is COc1cc2c(cc1OC)CN(C(=O)C1CCCN(c3cccc4c3C(=O)N(CCn3nc(C)cc3C)C4=O)C1)CC2. The molecule has 0 N–H and O–H groups in total. The lowest BCUT2D eigenvalue weighted by molar-refractivity contribution is -0.136. The number of aryl methyl sites for hydroxylation is 2. The first-order valence-electron chi connectivity index (χ1n) is 14.6. The second-order valence-electron chi connectivity index (χ2n) is 11.4. The first-order chi connectivity index (χ1) is 20.3. The number of imide groups is 1. The predicted octanol–water partition coefficient (Wildman–Crippen LogP) is 3.61. The van der Waals surface area contributed by atoms with E-state index in [0.717, 1.165) is 48.4 Å². The smallest absolute Gasteiger partial charge is 0.263 e. The summed E-state index contributed by atoms with van der Waals surface area (Å²) in [5.41, 5.74) is 5.74. The Bertz CT molecular complexity index is 1560. The Morgan fingerprint density at radius 3 is 2.45 bits per heavy atom. The van der Waals surface area contributed by atoms with E-state index < -0.39 is 0 Å². The zero-order chi connectivity index (χ0) is 29.5.